The van der Waals surface area contributed by atoms with E-state index in [0.29, 0.717) is 5.75 Å². The van der Waals surface area contributed by atoms with Crippen LogP contribution in [-0.2, 0) is 0 Å². The van der Waals surface area contributed by atoms with Crippen LogP contribution in [0.2, 0.25) is 0 Å². The predicted molar refractivity (Wildman–Crippen MR) is 59.5 cm³/mol. The fraction of sp³-hybridized carbons (Fsp3) is 0.455. The maximum atomic E-state index is 9.49. The van der Waals surface area contributed by atoms with Crippen molar-refractivity contribution in [2.45, 2.75) is 13.8 Å². The first-order valence-electron chi connectivity index (χ1n) is 5.02. The third kappa shape index (κ3) is 2.92. The van der Waals surface area contributed by atoms with Gasteiger partial charge in [-0.2, -0.15) is 0 Å². The minimum absolute atomic E-state index is 0.305. The van der Waals surface area contributed by atoms with Crippen molar-refractivity contribution in [2.24, 2.45) is 0 Å². The van der Waals surface area contributed by atoms with E-state index in [0.717, 1.165) is 25.4 Å². The average Bonchev–Trinajstić information content (AvgIpc) is 2.22. The highest BCUT2D eigenvalue weighted by Crippen LogP contribution is 2.21. The molecule has 2 N–H and O–H groups in total. The highest BCUT2D eigenvalue weighted by Gasteiger charge is 2.00. The van der Waals surface area contributed by atoms with Gasteiger partial charge in [0.1, 0.15) is 5.75 Å². The van der Waals surface area contributed by atoms with E-state index in [1.54, 1.807) is 6.07 Å². The third-order valence-electron chi connectivity index (χ3n) is 2.29. The van der Waals surface area contributed by atoms with Crippen molar-refractivity contribution >= 4 is 5.69 Å². The standard InChI is InChI=1S/C11H18N2O/c1-3-13(4-2)9-12-10-7-5-6-8-11(10)14/h5-8,12,14H,3-4,9H2,1-2H3. The maximum Gasteiger partial charge on any atom is 0.138 e. The molecular weight excluding hydrogens is 176 g/mol. The van der Waals surface area contributed by atoms with Crippen LogP contribution in [0.5, 0.6) is 5.75 Å². The van der Waals surface area contributed by atoms with Gasteiger partial charge in [0.15, 0.2) is 0 Å². The van der Waals surface area contributed by atoms with E-state index in [1.807, 2.05) is 18.2 Å². The molecule has 3 heteroatoms. The summed E-state index contributed by atoms with van der Waals surface area (Å²) < 4.78 is 0. The lowest BCUT2D eigenvalue weighted by molar-refractivity contribution is 0.325. The molecule has 1 rings (SSSR count). The number of nitrogens with zero attached hydrogens (tertiary/aromatic N) is 1. The summed E-state index contributed by atoms with van der Waals surface area (Å²) in [4.78, 5) is 2.24. The van der Waals surface area contributed by atoms with Gasteiger partial charge >= 0.3 is 0 Å². The molecule has 0 radical (unpaired) electrons. The fourth-order valence-corrected chi connectivity index (χ4v) is 1.27. The van der Waals surface area contributed by atoms with Gasteiger partial charge in [0.05, 0.1) is 12.4 Å². The molecule has 0 saturated heterocycles. The van der Waals surface area contributed by atoms with Crippen LogP contribution >= 0.6 is 0 Å². The number of hydrogen-bond donors (Lipinski definition) is 2. The summed E-state index contributed by atoms with van der Waals surface area (Å²) in [6.45, 7) is 7.03. The van der Waals surface area contributed by atoms with Crippen LogP contribution in [0.4, 0.5) is 5.69 Å². The minimum atomic E-state index is 0.305. The molecule has 0 saturated carbocycles. The Morgan fingerprint density at radius 1 is 1.21 bits per heavy atom. The molecule has 0 amide bonds. The van der Waals surface area contributed by atoms with Crippen LogP contribution in [0.1, 0.15) is 13.8 Å². The van der Waals surface area contributed by atoms with Gasteiger partial charge in [-0.25, -0.2) is 0 Å². The lowest BCUT2D eigenvalue weighted by atomic mass is 10.3. The Balaban J connectivity index is 2.49. The van der Waals surface area contributed by atoms with E-state index in [9.17, 15) is 5.11 Å². The summed E-state index contributed by atoms with van der Waals surface area (Å²) in [6, 6.07) is 7.28. The second-order valence-electron chi connectivity index (χ2n) is 3.16. The molecule has 0 aromatic heterocycles. The SMILES string of the molecule is CCN(CC)CNc1ccccc1O. The summed E-state index contributed by atoms with van der Waals surface area (Å²) >= 11 is 0. The van der Waals surface area contributed by atoms with Gasteiger partial charge < -0.3 is 10.4 Å². The van der Waals surface area contributed by atoms with Gasteiger partial charge in [-0.15, -0.1) is 0 Å². The summed E-state index contributed by atoms with van der Waals surface area (Å²) in [7, 11) is 0. The van der Waals surface area contributed by atoms with Crippen LogP contribution < -0.4 is 5.32 Å². The van der Waals surface area contributed by atoms with E-state index in [2.05, 4.69) is 24.1 Å². The van der Waals surface area contributed by atoms with Gasteiger partial charge in [0.25, 0.3) is 0 Å². The summed E-state index contributed by atoms with van der Waals surface area (Å²) in [5.41, 5.74) is 0.791. The van der Waals surface area contributed by atoms with Gasteiger partial charge in [0, 0.05) is 0 Å². The Morgan fingerprint density at radius 2 is 1.86 bits per heavy atom. The molecule has 14 heavy (non-hydrogen) atoms. The normalized spacial score (nSPS) is 10.5. The summed E-state index contributed by atoms with van der Waals surface area (Å²) in [5.74, 6) is 0.305. The second-order valence-corrected chi connectivity index (χ2v) is 3.16. The molecule has 0 unspecified atom stereocenters. The molecule has 0 spiro atoms. The molecule has 0 aliphatic rings. The molecule has 0 aliphatic carbocycles. The number of nitrogens with one attached hydrogen (secondary N) is 1. The zero-order valence-electron chi connectivity index (χ0n) is 8.83. The van der Waals surface area contributed by atoms with E-state index >= 15 is 0 Å². The molecule has 78 valence electrons. The van der Waals surface area contributed by atoms with Crippen molar-refractivity contribution in [3.05, 3.63) is 24.3 Å². The molecular formula is C11H18N2O. The Bertz CT molecular complexity index is 272. The van der Waals surface area contributed by atoms with E-state index in [-0.39, 0.29) is 0 Å². The molecule has 0 atom stereocenters. The van der Waals surface area contributed by atoms with Crippen molar-refractivity contribution in [1.82, 2.24) is 4.90 Å². The molecule has 1 aromatic carbocycles. The quantitative estimate of drug-likeness (QED) is 0.556. The van der Waals surface area contributed by atoms with Gasteiger partial charge in [-0.3, -0.25) is 4.90 Å². The molecule has 0 fully saturated rings. The van der Waals surface area contributed by atoms with E-state index < -0.39 is 0 Å². The summed E-state index contributed by atoms with van der Waals surface area (Å²) in [5, 5.41) is 12.7. The second kappa shape index (κ2) is 5.50. The number of benzene rings is 1. The monoisotopic (exact) mass is 194 g/mol. The summed E-state index contributed by atoms with van der Waals surface area (Å²) in [6.07, 6.45) is 0. The molecule has 3 nitrogen and oxygen atoms in total. The average molecular weight is 194 g/mol. The van der Waals surface area contributed by atoms with E-state index in [4.69, 9.17) is 0 Å². The van der Waals surface area contributed by atoms with Crippen LogP contribution in [0.3, 0.4) is 0 Å². The highest BCUT2D eigenvalue weighted by molar-refractivity contribution is 5.54. The maximum absolute atomic E-state index is 9.49. The van der Waals surface area contributed by atoms with Gasteiger partial charge in [-0.1, -0.05) is 26.0 Å². The Hall–Kier alpha value is -1.22. The Morgan fingerprint density at radius 3 is 2.43 bits per heavy atom. The number of para-hydroxylation sites is 2. The van der Waals surface area contributed by atoms with Crippen LogP contribution in [0, 0.1) is 0 Å². The van der Waals surface area contributed by atoms with Crippen LogP contribution in [0.25, 0.3) is 0 Å². The molecule has 0 aliphatic heterocycles. The first kappa shape index (κ1) is 10.9. The van der Waals surface area contributed by atoms with E-state index in [1.165, 1.54) is 0 Å². The number of rotatable bonds is 5. The zero-order chi connectivity index (χ0) is 10.4. The number of phenols is 1. The minimum Gasteiger partial charge on any atom is -0.506 e. The molecule has 0 heterocycles. The topological polar surface area (TPSA) is 35.5 Å². The van der Waals surface area contributed by atoms with Crippen molar-refractivity contribution < 1.29 is 5.11 Å². The Labute approximate surface area is 85.4 Å². The first-order chi connectivity index (χ1) is 6.77. The fourth-order valence-electron chi connectivity index (χ4n) is 1.27. The first-order valence-corrected chi connectivity index (χ1v) is 5.02. The smallest absolute Gasteiger partial charge is 0.138 e. The van der Waals surface area contributed by atoms with Crippen molar-refractivity contribution in [1.29, 1.82) is 0 Å². The zero-order valence-corrected chi connectivity index (χ0v) is 8.83. The lowest BCUT2D eigenvalue weighted by Crippen LogP contribution is -2.28. The lowest BCUT2D eigenvalue weighted by Gasteiger charge is -2.19. The Kier molecular flexibility index (Phi) is 4.26. The van der Waals surface area contributed by atoms with Crippen molar-refractivity contribution in [2.75, 3.05) is 25.1 Å². The van der Waals surface area contributed by atoms with Gasteiger partial charge in [-0.05, 0) is 25.2 Å². The van der Waals surface area contributed by atoms with Gasteiger partial charge in [0.2, 0.25) is 0 Å². The number of phenolic OH excluding ortho intramolecular Hbond substituents is 1. The van der Waals surface area contributed by atoms with Crippen LogP contribution in [0.15, 0.2) is 24.3 Å². The number of aromatic hydroxyl groups is 1. The molecule has 0 bridgehead atoms. The largest absolute Gasteiger partial charge is 0.506 e. The highest BCUT2D eigenvalue weighted by atomic mass is 16.3. The van der Waals surface area contributed by atoms with Crippen molar-refractivity contribution in [3.63, 3.8) is 0 Å². The van der Waals surface area contributed by atoms with Crippen LogP contribution in [-0.4, -0.2) is 29.8 Å². The number of hydrogen-bond acceptors (Lipinski definition) is 3. The van der Waals surface area contributed by atoms with Crippen molar-refractivity contribution in [3.8, 4) is 5.75 Å². The number of anilines is 1. The third-order valence-corrected chi connectivity index (χ3v) is 2.29. The molecule has 1 aromatic rings. The predicted octanol–water partition coefficient (Wildman–Crippen LogP) is 2.10.